The van der Waals surface area contributed by atoms with Crippen LogP contribution in [0.1, 0.15) is 57.7 Å². The fourth-order valence-corrected chi connectivity index (χ4v) is 4.47. The van der Waals surface area contributed by atoms with E-state index in [2.05, 4.69) is 29.8 Å². The van der Waals surface area contributed by atoms with E-state index in [1.807, 2.05) is 12.1 Å². The van der Waals surface area contributed by atoms with E-state index in [1.54, 1.807) is 18.2 Å². The van der Waals surface area contributed by atoms with Gasteiger partial charge in [0.2, 0.25) is 0 Å². The van der Waals surface area contributed by atoms with E-state index in [1.165, 1.54) is 25.3 Å². The van der Waals surface area contributed by atoms with Crippen molar-refractivity contribution in [3.63, 3.8) is 0 Å². The van der Waals surface area contributed by atoms with E-state index >= 15 is 0 Å². The van der Waals surface area contributed by atoms with Crippen LogP contribution in [0.15, 0.2) is 46.9 Å². The predicted octanol–water partition coefficient (Wildman–Crippen LogP) is 7.25. The van der Waals surface area contributed by atoms with Crippen LogP contribution in [-0.2, 0) is 17.8 Å². The summed E-state index contributed by atoms with van der Waals surface area (Å²) >= 11 is 9.53. The Kier molecular flexibility index (Phi) is 8.06. The maximum Gasteiger partial charge on any atom is 0.346 e. The summed E-state index contributed by atoms with van der Waals surface area (Å²) in [6, 6.07) is 13.2. The van der Waals surface area contributed by atoms with Gasteiger partial charge in [-0.2, -0.15) is 5.26 Å². The van der Waals surface area contributed by atoms with Crippen molar-refractivity contribution < 1.29 is 28.5 Å². The normalized spacial score (nSPS) is 12.3. The van der Waals surface area contributed by atoms with Crippen LogP contribution in [0.2, 0.25) is 5.02 Å². The molecule has 7 nitrogen and oxygen atoms in total. The molecular weight excluding hydrogens is 562 g/mol. The first-order valence-electron chi connectivity index (χ1n) is 11.5. The second-order valence-electron chi connectivity index (χ2n) is 8.83. The minimum absolute atomic E-state index is 0.0122. The maximum atomic E-state index is 13.1. The number of cyclic esters (lactones) is 1. The molecule has 1 heterocycles. The second-order valence-corrected chi connectivity index (χ2v) is 10.2. The van der Waals surface area contributed by atoms with Crippen LogP contribution in [0.5, 0.6) is 23.0 Å². The molecule has 0 saturated carbocycles. The molecule has 1 aliphatic heterocycles. The van der Waals surface area contributed by atoms with Gasteiger partial charge in [0.15, 0.2) is 11.5 Å². The monoisotopic (exact) mass is 583 g/mol. The van der Waals surface area contributed by atoms with Gasteiger partial charge in [-0.15, -0.1) is 0 Å². The highest BCUT2D eigenvalue weighted by Gasteiger charge is 2.29. The van der Waals surface area contributed by atoms with E-state index in [9.17, 15) is 14.9 Å². The van der Waals surface area contributed by atoms with E-state index in [0.717, 1.165) is 12.0 Å². The van der Waals surface area contributed by atoms with Crippen molar-refractivity contribution in [1.82, 2.24) is 0 Å². The number of carbonyl (C=O) groups is 2. The SMILES string of the molecule is COc1c(CCC(C)C)ccc2c1C(=O)OCc1cc(C#N)cc(OC(=O)c3cc(Br)ccc3Cl)c1O2. The first-order valence-corrected chi connectivity index (χ1v) is 12.7. The summed E-state index contributed by atoms with van der Waals surface area (Å²) in [6.07, 6.45) is 1.61. The molecule has 3 aromatic rings. The van der Waals surface area contributed by atoms with Gasteiger partial charge in [-0.05, 0) is 54.7 Å². The largest absolute Gasteiger partial charge is 0.495 e. The molecule has 0 unspecified atom stereocenters. The lowest BCUT2D eigenvalue weighted by Crippen LogP contribution is -2.15. The lowest BCUT2D eigenvalue weighted by molar-refractivity contribution is 0.0452. The highest BCUT2D eigenvalue weighted by atomic mass is 79.9. The molecule has 0 fully saturated rings. The molecule has 0 aromatic heterocycles. The Bertz CT molecular complexity index is 1430. The standard InChI is InChI=1S/C28H23BrClNO6/c1-15(2)4-5-17-6-9-22-24(26(17)34-3)28(33)35-14-18-10-16(13-31)11-23(25(18)36-22)37-27(32)20-12-19(29)7-8-21(20)30/h6-12,15H,4-5,14H2,1-3H3. The second kappa shape index (κ2) is 11.2. The van der Waals surface area contributed by atoms with Crippen LogP contribution < -0.4 is 14.2 Å². The Hall–Kier alpha value is -3.54. The molecule has 190 valence electrons. The van der Waals surface area contributed by atoms with E-state index in [0.29, 0.717) is 28.1 Å². The number of esters is 2. The van der Waals surface area contributed by atoms with Crippen molar-refractivity contribution in [1.29, 1.82) is 5.26 Å². The molecule has 3 aromatic carbocycles. The third kappa shape index (κ3) is 5.74. The van der Waals surface area contributed by atoms with Crippen molar-refractivity contribution in [3.05, 3.63) is 79.8 Å². The van der Waals surface area contributed by atoms with Crippen LogP contribution in [0, 0.1) is 17.2 Å². The van der Waals surface area contributed by atoms with E-state index < -0.39 is 11.9 Å². The van der Waals surface area contributed by atoms with Gasteiger partial charge < -0.3 is 18.9 Å². The van der Waals surface area contributed by atoms with Crippen molar-refractivity contribution in [2.45, 2.75) is 33.3 Å². The van der Waals surface area contributed by atoms with Crippen molar-refractivity contribution >= 4 is 39.5 Å². The number of aryl methyl sites for hydroxylation is 1. The van der Waals surface area contributed by atoms with E-state index in [-0.39, 0.29) is 45.6 Å². The lowest BCUT2D eigenvalue weighted by Gasteiger charge is -2.23. The van der Waals surface area contributed by atoms with Crippen LogP contribution in [0.25, 0.3) is 0 Å². The highest BCUT2D eigenvalue weighted by molar-refractivity contribution is 9.10. The quantitative estimate of drug-likeness (QED) is 0.222. The van der Waals surface area contributed by atoms with Crippen LogP contribution >= 0.6 is 27.5 Å². The molecule has 0 aliphatic carbocycles. The van der Waals surface area contributed by atoms with Crippen molar-refractivity contribution in [2.24, 2.45) is 5.92 Å². The summed E-state index contributed by atoms with van der Waals surface area (Å²) in [4.78, 5) is 26.1. The first-order chi connectivity index (χ1) is 17.7. The number of hydrogen-bond acceptors (Lipinski definition) is 7. The third-order valence-electron chi connectivity index (χ3n) is 5.78. The van der Waals surface area contributed by atoms with Crippen LogP contribution in [0.4, 0.5) is 0 Å². The van der Waals surface area contributed by atoms with Crippen LogP contribution in [0.3, 0.4) is 0 Å². The topological polar surface area (TPSA) is 94.9 Å². The minimum atomic E-state index is -0.743. The Morgan fingerprint density at radius 2 is 2.00 bits per heavy atom. The fourth-order valence-electron chi connectivity index (χ4n) is 3.92. The average molecular weight is 585 g/mol. The summed E-state index contributed by atoms with van der Waals surface area (Å²) < 4.78 is 23.7. The molecule has 0 amide bonds. The van der Waals surface area contributed by atoms with Crippen molar-refractivity contribution in [3.8, 4) is 29.1 Å². The molecule has 1 aliphatic rings. The number of ether oxygens (including phenoxy) is 4. The first kappa shape index (κ1) is 26.5. The Morgan fingerprint density at radius 1 is 1.22 bits per heavy atom. The number of nitrogens with zero attached hydrogens (tertiary/aromatic N) is 1. The molecular formula is C28H23BrClNO6. The van der Waals surface area contributed by atoms with Gasteiger partial charge in [0.05, 0.1) is 29.3 Å². The van der Waals surface area contributed by atoms with Gasteiger partial charge in [-0.3, -0.25) is 0 Å². The zero-order valence-corrected chi connectivity index (χ0v) is 22.7. The number of fused-ring (bicyclic) bond motifs is 2. The zero-order chi connectivity index (χ0) is 26.7. The van der Waals surface area contributed by atoms with E-state index in [4.69, 9.17) is 30.5 Å². The summed E-state index contributed by atoms with van der Waals surface area (Å²) in [7, 11) is 1.49. The average Bonchev–Trinajstić information content (AvgIpc) is 2.87. The molecule has 0 radical (unpaired) electrons. The molecule has 0 saturated heterocycles. The van der Waals surface area contributed by atoms with Crippen LogP contribution in [-0.4, -0.2) is 19.0 Å². The number of nitriles is 1. The van der Waals surface area contributed by atoms with Gasteiger partial charge in [0.1, 0.15) is 23.7 Å². The lowest BCUT2D eigenvalue weighted by atomic mass is 9.99. The summed E-state index contributed by atoms with van der Waals surface area (Å²) in [5.74, 6) is -0.213. The number of methoxy groups -OCH3 is 1. The summed E-state index contributed by atoms with van der Waals surface area (Å²) in [6.45, 7) is 4.03. The number of halogens is 2. The molecule has 0 N–H and O–H groups in total. The molecule has 4 rings (SSSR count). The minimum Gasteiger partial charge on any atom is -0.495 e. The van der Waals surface area contributed by atoms with Gasteiger partial charge in [0, 0.05) is 16.1 Å². The van der Waals surface area contributed by atoms with Gasteiger partial charge in [-0.25, -0.2) is 9.59 Å². The smallest absolute Gasteiger partial charge is 0.346 e. The molecule has 9 heteroatoms. The van der Waals surface area contributed by atoms with Gasteiger partial charge in [-0.1, -0.05) is 47.4 Å². The fraction of sp³-hybridized carbons (Fsp3) is 0.250. The molecule has 0 spiro atoms. The Morgan fingerprint density at radius 3 is 2.70 bits per heavy atom. The highest BCUT2D eigenvalue weighted by Crippen LogP contribution is 2.43. The zero-order valence-electron chi connectivity index (χ0n) is 20.4. The molecule has 0 bridgehead atoms. The number of benzene rings is 3. The number of hydrogen-bond donors (Lipinski definition) is 0. The predicted molar refractivity (Wildman–Crippen MR) is 141 cm³/mol. The van der Waals surface area contributed by atoms with Gasteiger partial charge in [0.25, 0.3) is 0 Å². The third-order valence-corrected chi connectivity index (χ3v) is 6.61. The van der Waals surface area contributed by atoms with Gasteiger partial charge >= 0.3 is 11.9 Å². The number of carbonyl (C=O) groups excluding carboxylic acids is 2. The maximum absolute atomic E-state index is 13.1. The summed E-state index contributed by atoms with van der Waals surface area (Å²) in [5.41, 5.74) is 1.69. The summed E-state index contributed by atoms with van der Waals surface area (Å²) in [5, 5.41) is 9.74. The number of rotatable bonds is 6. The molecule has 37 heavy (non-hydrogen) atoms. The Labute approximate surface area is 228 Å². The Balaban J connectivity index is 1.80. The van der Waals surface area contributed by atoms with Crippen molar-refractivity contribution in [2.75, 3.05) is 7.11 Å². The molecule has 0 atom stereocenters.